The Morgan fingerprint density at radius 2 is 1.77 bits per heavy atom. The van der Waals surface area contributed by atoms with E-state index in [2.05, 4.69) is 36.4 Å². The van der Waals surface area contributed by atoms with Crippen molar-refractivity contribution < 1.29 is 42.9 Å². The van der Waals surface area contributed by atoms with E-state index in [1.165, 1.54) is 19.2 Å². The average Bonchev–Trinajstić information content (AvgIpc) is 3.08. The lowest BCUT2D eigenvalue weighted by Crippen LogP contribution is -2.53. The van der Waals surface area contributed by atoms with Gasteiger partial charge in [0.05, 0.1) is 13.2 Å². The molecule has 1 aliphatic rings. The number of nitrogens with zero attached hydrogens (tertiary/aromatic N) is 2. The monoisotopic (exact) mass is 642 g/mol. The fourth-order valence-corrected chi connectivity index (χ4v) is 5.14. The number of esters is 1. The molecule has 0 unspecified atom stereocenters. The molecule has 0 aliphatic carbocycles. The van der Waals surface area contributed by atoms with Crippen LogP contribution in [0.3, 0.4) is 0 Å². The van der Waals surface area contributed by atoms with Gasteiger partial charge in [-0.3, -0.25) is 9.88 Å². The van der Waals surface area contributed by atoms with Crippen molar-refractivity contribution in [3.63, 3.8) is 0 Å². The molecule has 2 amide bonds. The first-order chi connectivity index (χ1) is 20.0. The van der Waals surface area contributed by atoms with E-state index in [1.807, 2.05) is 13.1 Å². The Morgan fingerprint density at radius 1 is 1.16 bits per heavy atom. The molecule has 1 saturated heterocycles. The summed E-state index contributed by atoms with van der Waals surface area (Å²) < 4.78 is 29.6. The molecule has 0 spiro atoms. The van der Waals surface area contributed by atoms with E-state index in [0.29, 0.717) is 0 Å². The number of hydrogen-bond acceptors (Lipinski definition) is 11. The topological polar surface area (TPSA) is 177 Å². The Kier molecular flexibility index (Phi) is 11.8. The van der Waals surface area contributed by atoms with Crippen molar-refractivity contribution in [2.24, 2.45) is 5.92 Å². The van der Waals surface area contributed by atoms with Gasteiger partial charge in [0, 0.05) is 6.20 Å². The molecule has 3 N–H and O–H groups in total. The second kappa shape index (κ2) is 14.0. The summed E-state index contributed by atoms with van der Waals surface area (Å²) in [6.45, 7) is 21.9. The maximum absolute atomic E-state index is 13.5. The number of hydrogen-bond donors (Lipinski definition) is 3. The summed E-state index contributed by atoms with van der Waals surface area (Å²) in [4.78, 5) is 54.7. The van der Waals surface area contributed by atoms with E-state index in [4.69, 9.17) is 23.4 Å². The fourth-order valence-electron chi connectivity index (χ4n) is 4.13. The third kappa shape index (κ3) is 9.49. The summed E-state index contributed by atoms with van der Waals surface area (Å²) >= 11 is 0. The minimum Gasteiger partial charge on any atom is -0.455 e. The van der Waals surface area contributed by atoms with E-state index in [9.17, 15) is 24.3 Å². The van der Waals surface area contributed by atoms with Crippen molar-refractivity contribution in [1.29, 1.82) is 0 Å². The third-order valence-corrected chi connectivity index (χ3v) is 12.1. The highest BCUT2D eigenvalue weighted by Gasteiger charge is 2.57. The van der Waals surface area contributed by atoms with Crippen LogP contribution in [0.1, 0.15) is 75.5 Å². The van der Waals surface area contributed by atoms with Crippen molar-refractivity contribution in [3.05, 3.63) is 22.7 Å². The number of ether oxygens (including phenoxy) is 4. The van der Waals surface area contributed by atoms with Crippen LogP contribution in [0.15, 0.2) is 17.1 Å². The van der Waals surface area contributed by atoms with Gasteiger partial charge in [0.2, 0.25) is 0 Å². The molecule has 14 nitrogen and oxygen atoms in total. The highest BCUT2D eigenvalue weighted by Crippen LogP contribution is 2.42. The standard InChI is InChI=1S/C29H50N4O10Si/c1-13-39-25(36)31-19-14-15-33(24(35)30-19)23-29(10,38)21(18(41-23)16-40-44(11,12)28(7,8)9)42-22(34)20(17(2)3)32-26(37)43-27(4,5)6/h14-15,17-18,20-21,23,38H,13,16H2,1-12H3,(H,32,37)(H,30,31,35,36)/t18-,20-,21-,23-,29-/m1/s1. The maximum Gasteiger partial charge on any atom is 0.412 e. The first kappa shape index (κ1) is 37.2. The molecule has 1 aliphatic heterocycles. The van der Waals surface area contributed by atoms with Gasteiger partial charge in [-0.05, 0) is 64.7 Å². The Morgan fingerprint density at radius 3 is 2.27 bits per heavy atom. The average molecular weight is 643 g/mol. The van der Waals surface area contributed by atoms with Gasteiger partial charge < -0.3 is 33.8 Å². The molecule has 44 heavy (non-hydrogen) atoms. The smallest absolute Gasteiger partial charge is 0.412 e. The van der Waals surface area contributed by atoms with Crippen LogP contribution in [0.2, 0.25) is 18.1 Å². The number of aliphatic hydroxyl groups is 1. The van der Waals surface area contributed by atoms with Gasteiger partial charge in [-0.25, -0.2) is 19.2 Å². The zero-order valence-corrected chi connectivity index (χ0v) is 29.0. The first-order valence-electron chi connectivity index (χ1n) is 14.7. The van der Waals surface area contributed by atoms with Crippen LogP contribution in [0.5, 0.6) is 0 Å². The summed E-state index contributed by atoms with van der Waals surface area (Å²) in [5.41, 5.74) is -3.58. The molecule has 1 aromatic rings. The molecule has 0 bridgehead atoms. The molecule has 1 aromatic heterocycles. The summed E-state index contributed by atoms with van der Waals surface area (Å²) in [5, 5.41) is 16.6. The van der Waals surface area contributed by atoms with E-state index >= 15 is 0 Å². The van der Waals surface area contributed by atoms with Gasteiger partial charge >= 0.3 is 23.8 Å². The molecule has 2 rings (SSSR count). The number of rotatable bonds is 10. The molecule has 1 fully saturated rings. The number of nitrogens with one attached hydrogen (secondary N) is 2. The number of carbonyl (C=O) groups is 3. The highest BCUT2D eigenvalue weighted by molar-refractivity contribution is 6.74. The van der Waals surface area contributed by atoms with E-state index in [1.54, 1.807) is 41.5 Å². The lowest BCUT2D eigenvalue weighted by Gasteiger charge is -2.37. The van der Waals surface area contributed by atoms with E-state index < -0.39 is 73.8 Å². The zero-order chi connectivity index (χ0) is 33.8. The number of anilines is 1. The van der Waals surface area contributed by atoms with Crippen molar-refractivity contribution in [2.75, 3.05) is 18.5 Å². The molecular formula is C29H50N4O10Si. The predicted molar refractivity (Wildman–Crippen MR) is 165 cm³/mol. The number of aromatic nitrogens is 2. The first-order valence-corrected chi connectivity index (χ1v) is 17.7. The number of amides is 2. The summed E-state index contributed by atoms with van der Waals surface area (Å²) in [6, 6.07) is 0.233. The highest BCUT2D eigenvalue weighted by atomic mass is 28.4. The SMILES string of the molecule is CCOC(=O)Nc1ccn([C@@H]2O[C@H](CO[Si](C)(C)C(C)(C)C)[C@@H](OC(=O)[C@H](NC(=O)OC(C)(C)C)C(C)C)[C@@]2(C)O)c(=O)n1. The lowest BCUT2D eigenvalue weighted by molar-refractivity contribution is -0.167. The summed E-state index contributed by atoms with van der Waals surface area (Å²) in [5.74, 6) is -1.28. The molecule has 0 saturated carbocycles. The largest absolute Gasteiger partial charge is 0.455 e. The van der Waals surface area contributed by atoms with Crippen molar-refractivity contribution in [1.82, 2.24) is 14.9 Å². The van der Waals surface area contributed by atoms with Crippen LogP contribution in [-0.4, -0.2) is 83.8 Å². The van der Waals surface area contributed by atoms with Crippen molar-refractivity contribution in [3.8, 4) is 0 Å². The molecule has 15 heteroatoms. The predicted octanol–water partition coefficient (Wildman–Crippen LogP) is 3.94. The molecule has 5 atom stereocenters. The maximum atomic E-state index is 13.5. The van der Waals surface area contributed by atoms with Crippen LogP contribution < -0.4 is 16.3 Å². The van der Waals surface area contributed by atoms with Gasteiger partial charge in [0.25, 0.3) is 0 Å². The minimum absolute atomic E-state index is 0.0440. The van der Waals surface area contributed by atoms with Crippen molar-refractivity contribution in [2.45, 2.75) is 123 Å². The van der Waals surface area contributed by atoms with Gasteiger partial charge in [0.1, 0.15) is 29.2 Å². The minimum atomic E-state index is -2.32. The Bertz CT molecular complexity index is 1240. The number of alkyl carbamates (subject to hydrolysis) is 1. The quantitative estimate of drug-likeness (QED) is 0.191. The van der Waals surface area contributed by atoms with Gasteiger partial charge in [-0.15, -0.1) is 0 Å². The van der Waals surface area contributed by atoms with E-state index in [-0.39, 0.29) is 24.1 Å². The van der Waals surface area contributed by atoms with E-state index in [0.717, 1.165) is 4.57 Å². The lowest BCUT2D eigenvalue weighted by atomic mass is 9.95. The van der Waals surface area contributed by atoms with Gasteiger partial charge in [-0.1, -0.05) is 34.6 Å². The molecular weight excluding hydrogens is 592 g/mol. The van der Waals surface area contributed by atoms with Crippen LogP contribution >= 0.6 is 0 Å². The van der Waals surface area contributed by atoms with Crippen LogP contribution in [0.25, 0.3) is 0 Å². The molecule has 2 heterocycles. The normalized spacial score (nSPS) is 23.2. The fraction of sp³-hybridized carbons (Fsp3) is 0.759. The van der Waals surface area contributed by atoms with Crippen LogP contribution in [0, 0.1) is 5.92 Å². The molecule has 0 radical (unpaired) electrons. The van der Waals surface area contributed by atoms with Gasteiger partial charge in [-0.2, -0.15) is 4.98 Å². The summed E-state index contributed by atoms with van der Waals surface area (Å²) in [6.07, 6.45) is -3.93. The Labute approximate surface area is 260 Å². The molecule has 0 aromatic carbocycles. The zero-order valence-electron chi connectivity index (χ0n) is 28.0. The van der Waals surface area contributed by atoms with Gasteiger partial charge in [0.15, 0.2) is 20.6 Å². The Balaban J connectivity index is 2.43. The Hall–Kier alpha value is -3.01. The van der Waals surface area contributed by atoms with Crippen molar-refractivity contribution >= 4 is 32.3 Å². The molecule has 250 valence electrons. The second-order valence-electron chi connectivity index (χ2n) is 13.9. The van der Waals surface area contributed by atoms with Crippen LogP contribution in [-0.2, 0) is 28.2 Å². The second-order valence-corrected chi connectivity index (χ2v) is 18.7. The number of carbonyl (C=O) groups excluding carboxylic acids is 3. The third-order valence-electron chi connectivity index (χ3n) is 7.56. The van der Waals surface area contributed by atoms with Crippen LogP contribution in [0.4, 0.5) is 15.4 Å². The summed E-state index contributed by atoms with van der Waals surface area (Å²) in [7, 11) is -2.32.